The largest absolute Gasteiger partial charge is 0.445 e. The molecule has 0 saturated carbocycles. The van der Waals surface area contributed by atoms with Gasteiger partial charge in [-0.3, -0.25) is 4.79 Å². The number of hydrogen-bond donors (Lipinski definition) is 3. The molecule has 0 spiro atoms. The number of ether oxygens (including phenoxy) is 1. The molecule has 6 nitrogen and oxygen atoms in total. The van der Waals surface area contributed by atoms with E-state index < -0.39 is 36.5 Å². The fourth-order valence-electron chi connectivity index (χ4n) is 2.24. The molecule has 1 aromatic rings. The minimum Gasteiger partial charge on any atom is -0.445 e. The van der Waals surface area contributed by atoms with Crippen LogP contribution in [0.4, 0.5) is 13.6 Å². The third-order valence-electron chi connectivity index (χ3n) is 3.55. The molecule has 2 atom stereocenters. The van der Waals surface area contributed by atoms with Crippen molar-refractivity contribution < 1.29 is 28.2 Å². The molecule has 0 heterocycles. The van der Waals surface area contributed by atoms with Crippen molar-refractivity contribution in [1.82, 2.24) is 5.32 Å². The highest BCUT2D eigenvalue weighted by atomic mass is 19.3. The second-order valence-corrected chi connectivity index (χ2v) is 6.14. The summed E-state index contributed by atoms with van der Waals surface area (Å²) in [7, 11) is 0. The first-order valence-corrected chi connectivity index (χ1v) is 7.95. The van der Waals surface area contributed by atoms with Crippen LogP contribution in [0.5, 0.6) is 0 Å². The number of benzene rings is 1. The van der Waals surface area contributed by atoms with Crippen LogP contribution in [-0.4, -0.2) is 41.6 Å². The number of nitrogens with two attached hydrogens (primary N) is 1. The molecule has 0 fully saturated rings. The SMILES string of the molecule is CC(C)CC(NC(=O)OCc1ccccc1)C(O)C(F)(F)C(=O)CN. The van der Waals surface area contributed by atoms with Crippen LogP contribution < -0.4 is 11.1 Å². The van der Waals surface area contributed by atoms with Gasteiger partial charge in [-0.05, 0) is 17.9 Å². The smallest absolute Gasteiger partial charge is 0.407 e. The predicted molar refractivity (Wildman–Crippen MR) is 88.0 cm³/mol. The van der Waals surface area contributed by atoms with Crippen LogP contribution in [0.25, 0.3) is 0 Å². The molecule has 1 rings (SSSR count). The molecule has 140 valence electrons. The lowest BCUT2D eigenvalue weighted by Gasteiger charge is -2.30. The van der Waals surface area contributed by atoms with Gasteiger partial charge < -0.3 is 20.9 Å². The van der Waals surface area contributed by atoms with Crippen molar-refractivity contribution in [2.24, 2.45) is 11.7 Å². The highest BCUT2D eigenvalue weighted by Crippen LogP contribution is 2.25. The van der Waals surface area contributed by atoms with Crippen LogP contribution in [0.15, 0.2) is 30.3 Å². The Morgan fingerprint density at radius 2 is 1.88 bits per heavy atom. The second kappa shape index (κ2) is 9.43. The molecule has 1 amide bonds. The molecular formula is C17H24F2N2O4. The Morgan fingerprint density at radius 1 is 1.28 bits per heavy atom. The van der Waals surface area contributed by atoms with Gasteiger partial charge in [-0.1, -0.05) is 44.2 Å². The topological polar surface area (TPSA) is 102 Å². The maximum absolute atomic E-state index is 13.9. The highest BCUT2D eigenvalue weighted by molar-refractivity contribution is 5.88. The van der Waals surface area contributed by atoms with Gasteiger partial charge in [-0.15, -0.1) is 0 Å². The number of carbonyl (C=O) groups excluding carboxylic acids is 2. The van der Waals surface area contributed by atoms with Crippen molar-refractivity contribution in [3.05, 3.63) is 35.9 Å². The normalized spacial score (nSPS) is 14.0. The van der Waals surface area contributed by atoms with E-state index in [2.05, 4.69) is 5.32 Å². The second-order valence-electron chi connectivity index (χ2n) is 6.14. The molecule has 0 aliphatic rings. The summed E-state index contributed by atoms with van der Waals surface area (Å²) >= 11 is 0. The van der Waals surface area contributed by atoms with E-state index in [1.807, 2.05) is 0 Å². The number of halogens is 2. The summed E-state index contributed by atoms with van der Waals surface area (Å²) < 4.78 is 32.9. The summed E-state index contributed by atoms with van der Waals surface area (Å²) in [5.74, 6) is -5.76. The van der Waals surface area contributed by atoms with Crippen LogP contribution in [0.2, 0.25) is 0 Å². The third kappa shape index (κ3) is 6.39. The van der Waals surface area contributed by atoms with E-state index in [0.29, 0.717) is 0 Å². The molecule has 0 aliphatic carbocycles. The molecule has 0 aliphatic heterocycles. The van der Waals surface area contributed by atoms with Crippen molar-refractivity contribution in [2.75, 3.05) is 6.54 Å². The quantitative estimate of drug-likeness (QED) is 0.625. The molecule has 25 heavy (non-hydrogen) atoms. The zero-order valence-electron chi connectivity index (χ0n) is 14.2. The summed E-state index contributed by atoms with van der Waals surface area (Å²) in [6.45, 7) is 2.52. The van der Waals surface area contributed by atoms with Gasteiger partial charge in [-0.25, -0.2) is 4.79 Å². The minimum atomic E-state index is -4.05. The van der Waals surface area contributed by atoms with Crippen LogP contribution in [0.1, 0.15) is 25.8 Å². The summed E-state index contributed by atoms with van der Waals surface area (Å²) in [5, 5.41) is 12.1. The average Bonchev–Trinajstić information content (AvgIpc) is 2.58. The Bertz CT molecular complexity index is 567. The van der Waals surface area contributed by atoms with E-state index in [9.17, 15) is 23.5 Å². The zero-order chi connectivity index (χ0) is 19.0. The summed E-state index contributed by atoms with van der Waals surface area (Å²) in [5.41, 5.74) is 5.68. The number of amides is 1. The minimum absolute atomic E-state index is 0.0368. The number of hydrogen-bond acceptors (Lipinski definition) is 5. The number of rotatable bonds is 9. The highest BCUT2D eigenvalue weighted by Gasteiger charge is 2.49. The van der Waals surface area contributed by atoms with E-state index in [0.717, 1.165) is 5.56 Å². The standard InChI is InChI=1S/C17H24F2N2O4/c1-11(2)8-13(15(23)17(18,19)14(22)9-20)21-16(24)25-10-12-6-4-3-5-7-12/h3-7,11,13,15,23H,8-10,20H2,1-2H3,(H,21,24). The van der Waals surface area contributed by atoms with E-state index >= 15 is 0 Å². The van der Waals surface area contributed by atoms with Gasteiger partial charge in [0.2, 0.25) is 5.78 Å². The number of nitrogens with one attached hydrogen (secondary N) is 1. The molecule has 2 unspecified atom stereocenters. The van der Waals surface area contributed by atoms with Crippen molar-refractivity contribution in [2.45, 2.75) is 44.9 Å². The first-order chi connectivity index (χ1) is 11.7. The van der Waals surface area contributed by atoms with Gasteiger partial charge in [0.15, 0.2) is 0 Å². The Balaban J connectivity index is 2.74. The molecule has 4 N–H and O–H groups in total. The van der Waals surface area contributed by atoms with E-state index in [1.165, 1.54) is 0 Å². The molecule has 0 radical (unpaired) electrons. The Hall–Kier alpha value is -2.06. The van der Waals surface area contributed by atoms with Crippen LogP contribution in [0.3, 0.4) is 0 Å². The third-order valence-corrected chi connectivity index (χ3v) is 3.55. The van der Waals surface area contributed by atoms with Crippen molar-refractivity contribution in [3.63, 3.8) is 0 Å². The predicted octanol–water partition coefficient (Wildman–Crippen LogP) is 1.85. The molecule has 8 heteroatoms. The Kier molecular flexibility index (Phi) is 7.92. The number of alkyl carbamates (subject to hydrolysis) is 1. The molecule has 0 saturated heterocycles. The molecular weight excluding hydrogens is 334 g/mol. The Labute approximate surface area is 145 Å². The van der Waals surface area contributed by atoms with E-state index in [4.69, 9.17) is 10.5 Å². The average molecular weight is 358 g/mol. The number of aliphatic hydroxyl groups excluding tert-OH is 1. The van der Waals surface area contributed by atoms with Gasteiger partial charge in [-0.2, -0.15) is 8.78 Å². The lowest BCUT2D eigenvalue weighted by Crippen LogP contribution is -2.56. The van der Waals surface area contributed by atoms with Gasteiger partial charge >= 0.3 is 12.0 Å². The first-order valence-electron chi connectivity index (χ1n) is 7.95. The summed E-state index contributed by atoms with van der Waals surface area (Å²) in [4.78, 5) is 23.2. The van der Waals surface area contributed by atoms with Crippen LogP contribution in [-0.2, 0) is 16.1 Å². The molecule has 0 aromatic heterocycles. The number of ketones is 1. The summed E-state index contributed by atoms with van der Waals surface area (Å²) in [6.07, 6.45) is -3.31. The lowest BCUT2D eigenvalue weighted by atomic mass is 9.93. The van der Waals surface area contributed by atoms with E-state index in [-0.39, 0.29) is 18.9 Å². The zero-order valence-corrected chi connectivity index (χ0v) is 14.2. The number of carbonyl (C=O) groups is 2. The maximum Gasteiger partial charge on any atom is 0.407 e. The fraction of sp³-hybridized carbons (Fsp3) is 0.529. The van der Waals surface area contributed by atoms with Gasteiger partial charge in [0, 0.05) is 0 Å². The van der Waals surface area contributed by atoms with Gasteiger partial charge in [0.05, 0.1) is 12.6 Å². The number of aliphatic hydroxyl groups is 1. The van der Waals surface area contributed by atoms with Gasteiger partial charge in [0.25, 0.3) is 0 Å². The molecule has 1 aromatic carbocycles. The lowest BCUT2D eigenvalue weighted by molar-refractivity contribution is -0.163. The van der Waals surface area contributed by atoms with Crippen molar-refractivity contribution >= 4 is 11.9 Å². The monoisotopic (exact) mass is 358 g/mol. The van der Waals surface area contributed by atoms with Crippen LogP contribution in [0, 0.1) is 5.92 Å². The van der Waals surface area contributed by atoms with Crippen molar-refractivity contribution in [1.29, 1.82) is 0 Å². The first kappa shape index (κ1) is 21.0. The van der Waals surface area contributed by atoms with Gasteiger partial charge in [0.1, 0.15) is 12.7 Å². The number of alkyl halides is 2. The maximum atomic E-state index is 13.9. The fourth-order valence-corrected chi connectivity index (χ4v) is 2.24. The summed E-state index contributed by atoms with van der Waals surface area (Å²) in [6, 6.07) is 7.45. The van der Waals surface area contributed by atoms with E-state index in [1.54, 1.807) is 44.2 Å². The Morgan fingerprint density at radius 3 is 2.40 bits per heavy atom. The van der Waals surface area contributed by atoms with Crippen molar-refractivity contribution in [3.8, 4) is 0 Å². The van der Waals surface area contributed by atoms with Crippen LogP contribution >= 0.6 is 0 Å². The number of Topliss-reactive ketones (excluding diaryl/α,β-unsaturated/α-hetero) is 1. The molecule has 0 bridgehead atoms.